The van der Waals surface area contributed by atoms with Gasteiger partial charge in [-0.15, -0.1) is 0 Å². The zero-order chi connectivity index (χ0) is 18.6. The summed E-state index contributed by atoms with van der Waals surface area (Å²) in [5.41, 5.74) is 0.293. The molecule has 1 saturated carbocycles. The molecule has 0 bridgehead atoms. The molecule has 0 radical (unpaired) electrons. The molecule has 0 aromatic carbocycles. The number of hydrogen-bond acceptors (Lipinski definition) is 4. The number of allylic oxidation sites excluding steroid dienone is 2. The highest BCUT2D eigenvalue weighted by molar-refractivity contribution is 5.09. The van der Waals surface area contributed by atoms with Gasteiger partial charge in [0.05, 0.1) is 18.5 Å². The highest BCUT2D eigenvalue weighted by Gasteiger charge is 2.46. The largest absolute Gasteiger partial charge is 0.469 e. The van der Waals surface area contributed by atoms with Gasteiger partial charge in [0.1, 0.15) is 0 Å². The van der Waals surface area contributed by atoms with Gasteiger partial charge in [0, 0.05) is 18.8 Å². The van der Waals surface area contributed by atoms with Crippen LogP contribution in [0.1, 0.15) is 85.0 Å². The Bertz CT molecular complexity index is 467. The average Bonchev–Trinajstić information content (AvgIpc) is 3.17. The second kappa shape index (κ2) is 9.07. The van der Waals surface area contributed by atoms with Crippen LogP contribution in [0.25, 0.3) is 0 Å². The molecule has 2 unspecified atom stereocenters. The summed E-state index contributed by atoms with van der Waals surface area (Å²) in [6.45, 7) is 7.77. The van der Waals surface area contributed by atoms with Crippen molar-refractivity contribution < 1.29 is 19.3 Å². The lowest BCUT2D eigenvalue weighted by Crippen LogP contribution is -2.26. The fourth-order valence-electron chi connectivity index (χ4n) is 4.74. The molecule has 2 heterocycles. The smallest absolute Gasteiger partial charge is 0.199 e. The molecule has 0 aromatic heterocycles. The maximum absolute atomic E-state index is 9.91. The van der Waals surface area contributed by atoms with Crippen molar-refractivity contribution in [3.05, 3.63) is 11.8 Å². The summed E-state index contributed by atoms with van der Waals surface area (Å²) in [5.74, 6) is 1.86. The molecule has 4 heteroatoms. The van der Waals surface area contributed by atoms with Gasteiger partial charge >= 0.3 is 0 Å². The van der Waals surface area contributed by atoms with E-state index in [9.17, 15) is 5.11 Å². The second-order valence-corrected chi connectivity index (χ2v) is 9.20. The molecule has 3 rings (SSSR count). The van der Waals surface area contributed by atoms with Crippen molar-refractivity contribution in [1.82, 2.24) is 0 Å². The Labute approximate surface area is 159 Å². The van der Waals surface area contributed by atoms with Crippen LogP contribution < -0.4 is 0 Å². The molecule has 0 amide bonds. The number of rotatable bonds is 8. The summed E-state index contributed by atoms with van der Waals surface area (Å²) < 4.78 is 18.0. The summed E-state index contributed by atoms with van der Waals surface area (Å²) in [4.78, 5) is 0. The van der Waals surface area contributed by atoms with Crippen LogP contribution in [-0.4, -0.2) is 30.4 Å². The standard InChI is InChI=1S/C22H38O4/c1-4-5-12-22(2,3)13-11-19(26-21-8-6-7-14-24-21)16-9-10-18-17(16)15-20(23)25-18/h11,16-18,20-21,23H,4-10,12-15H2,1-3H3/t16-,17+,18+,20?,21?/m0/s1. The number of hydrogen-bond donors (Lipinski definition) is 1. The van der Waals surface area contributed by atoms with Gasteiger partial charge in [-0.3, -0.25) is 0 Å². The number of aliphatic hydroxyl groups is 1. The number of aliphatic hydroxyl groups excluding tert-OH is 1. The van der Waals surface area contributed by atoms with E-state index in [0.717, 1.165) is 50.9 Å². The molecular weight excluding hydrogens is 328 g/mol. The lowest BCUT2D eigenvalue weighted by atomic mass is 9.82. The van der Waals surface area contributed by atoms with Gasteiger partial charge in [-0.2, -0.15) is 0 Å². The molecule has 4 nitrogen and oxygen atoms in total. The van der Waals surface area contributed by atoms with E-state index in [1.807, 2.05) is 0 Å². The Kier molecular flexibility index (Phi) is 7.04. The van der Waals surface area contributed by atoms with E-state index in [1.165, 1.54) is 25.7 Å². The Morgan fingerprint density at radius 2 is 2.08 bits per heavy atom. The van der Waals surface area contributed by atoms with Crippen molar-refractivity contribution in [2.24, 2.45) is 17.3 Å². The Balaban J connectivity index is 1.69. The molecule has 3 aliphatic rings. The molecule has 2 saturated heterocycles. The van der Waals surface area contributed by atoms with Crippen LogP contribution in [0.3, 0.4) is 0 Å². The molecule has 1 aliphatic carbocycles. The molecule has 26 heavy (non-hydrogen) atoms. The van der Waals surface area contributed by atoms with Gasteiger partial charge in [0.15, 0.2) is 12.6 Å². The monoisotopic (exact) mass is 366 g/mol. The predicted molar refractivity (Wildman–Crippen MR) is 102 cm³/mol. The van der Waals surface area contributed by atoms with Crippen LogP contribution in [0.5, 0.6) is 0 Å². The van der Waals surface area contributed by atoms with Gasteiger partial charge in [-0.05, 0) is 55.9 Å². The summed E-state index contributed by atoms with van der Waals surface area (Å²) in [6.07, 6.45) is 12.8. The van der Waals surface area contributed by atoms with Gasteiger partial charge in [0.2, 0.25) is 0 Å². The Morgan fingerprint density at radius 3 is 2.81 bits per heavy atom. The second-order valence-electron chi connectivity index (χ2n) is 9.20. The van der Waals surface area contributed by atoms with Crippen molar-refractivity contribution in [1.29, 1.82) is 0 Å². The molecule has 0 aromatic rings. The number of fused-ring (bicyclic) bond motifs is 1. The van der Waals surface area contributed by atoms with Crippen LogP contribution in [0.15, 0.2) is 11.8 Å². The molecule has 150 valence electrons. The minimum absolute atomic E-state index is 0.0972. The summed E-state index contributed by atoms with van der Waals surface area (Å²) in [6, 6.07) is 0. The minimum Gasteiger partial charge on any atom is -0.469 e. The van der Waals surface area contributed by atoms with E-state index < -0.39 is 6.29 Å². The van der Waals surface area contributed by atoms with Crippen LogP contribution in [0, 0.1) is 17.3 Å². The molecule has 1 N–H and O–H groups in total. The van der Waals surface area contributed by atoms with Crippen molar-refractivity contribution in [2.45, 2.75) is 104 Å². The maximum Gasteiger partial charge on any atom is 0.199 e. The molecule has 0 spiro atoms. The highest BCUT2D eigenvalue weighted by Crippen LogP contribution is 2.47. The first-order valence-electron chi connectivity index (χ1n) is 10.8. The van der Waals surface area contributed by atoms with Crippen molar-refractivity contribution in [2.75, 3.05) is 6.61 Å². The summed E-state index contributed by atoms with van der Waals surface area (Å²) >= 11 is 0. The van der Waals surface area contributed by atoms with E-state index >= 15 is 0 Å². The third kappa shape index (κ3) is 5.24. The highest BCUT2D eigenvalue weighted by atomic mass is 16.7. The van der Waals surface area contributed by atoms with Crippen LogP contribution in [0.2, 0.25) is 0 Å². The summed E-state index contributed by atoms with van der Waals surface area (Å²) in [7, 11) is 0. The van der Waals surface area contributed by atoms with Gasteiger partial charge in [0.25, 0.3) is 0 Å². The third-order valence-electron chi connectivity index (χ3n) is 6.40. The molecule has 2 aliphatic heterocycles. The SMILES string of the molecule is CCCCC(C)(C)CC=C(OC1CCCCO1)[C@H]1CC[C@H]2OC(O)C[C@H]12. The first-order chi connectivity index (χ1) is 12.5. The number of unbranched alkanes of at least 4 members (excludes halogenated alkanes) is 1. The Morgan fingerprint density at radius 1 is 1.23 bits per heavy atom. The van der Waals surface area contributed by atoms with Gasteiger partial charge in [-0.25, -0.2) is 0 Å². The first kappa shape index (κ1) is 20.2. The normalized spacial score (nSPS) is 35.5. The number of ether oxygens (including phenoxy) is 3. The van der Waals surface area contributed by atoms with E-state index in [-0.39, 0.29) is 12.4 Å². The fraction of sp³-hybridized carbons (Fsp3) is 0.909. The van der Waals surface area contributed by atoms with Gasteiger partial charge in [-0.1, -0.05) is 33.6 Å². The van der Waals surface area contributed by atoms with E-state index in [1.54, 1.807) is 0 Å². The fourth-order valence-corrected chi connectivity index (χ4v) is 4.74. The van der Waals surface area contributed by atoms with E-state index in [0.29, 0.717) is 17.3 Å². The Hall–Kier alpha value is -0.580. The molecular formula is C22H38O4. The van der Waals surface area contributed by atoms with Crippen molar-refractivity contribution >= 4 is 0 Å². The zero-order valence-corrected chi connectivity index (χ0v) is 16.9. The van der Waals surface area contributed by atoms with E-state index in [4.69, 9.17) is 14.2 Å². The quantitative estimate of drug-likeness (QED) is 0.603. The zero-order valence-electron chi connectivity index (χ0n) is 16.9. The summed E-state index contributed by atoms with van der Waals surface area (Å²) in [5, 5.41) is 9.91. The maximum atomic E-state index is 9.91. The van der Waals surface area contributed by atoms with Crippen LogP contribution in [-0.2, 0) is 14.2 Å². The minimum atomic E-state index is -0.596. The third-order valence-corrected chi connectivity index (χ3v) is 6.40. The van der Waals surface area contributed by atoms with Crippen molar-refractivity contribution in [3.63, 3.8) is 0 Å². The lowest BCUT2D eigenvalue weighted by Gasteiger charge is -2.30. The van der Waals surface area contributed by atoms with Crippen LogP contribution in [0.4, 0.5) is 0 Å². The predicted octanol–water partition coefficient (Wildman–Crippen LogP) is 5.15. The van der Waals surface area contributed by atoms with Crippen LogP contribution >= 0.6 is 0 Å². The lowest BCUT2D eigenvalue weighted by molar-refractivity contribution is -0.145. The topological polar surface area (TPSA) is 47.9 Å². The van der Waals surface area contributed by atoms with Crippen molar-refractivity contribution in [3.8, 4) is 0 Å². The average molecular weight is 367 g/mol. The van der Waals surface area contributed by atoms with Gasteiger partial charge < -0.3 is 19.3 Å². The first-order valence-corrected chi connectivity index (χ1v) is 10.8. The van der Waals surface area contributed by atoms with E-state index in [2.05, 4.69) is 26.8 Å². The molecule has 5 atom stereocenters. The molecule has 3 fully saturated rings.